The fourth-order valence-corrected chi connectivity index (χ4v) is 5.53. The predicted molar refractivity (Wildman–Crippen MR) is 215 cm³/mol. The Labute approximate surface area is 313 Å². The van der Waals surface area contributed by atoms with Crippen molar-refractivity contribution in [2.75, 3.05) is 38.7 Å². The standard InChI is InChI=1S/C27H43NOS2.C12H17N3O5/c1-4-5-6-7-8-9-10-11-12-13-14-15-16-17-18-19-20-21-22-23-27(29)28-24-25-30-31-26(2)3;16-7-10(8-17)15-12(19)20-5-4-14-11(18)9-2-1-3-13-6-9/h5-6,8-9,11-12,14-15,17-18,20-21,26H,4,7,10,13,16,19,22-25H2,1-3H3,(H,28,29);1-3,6,10,16-17H,4-5,7-8H2,(H,14,18)(H,15,19)/b6-5-,9-8-,12-11-,15-14-,18-17-,21-20-;. The van der Waals surface area contributed by atoms with Gasteiger partial charge in [0.25, 0.3) is 5.91 Å². The minimum Gasteiger partial charge on any atom is -0.448 e. The van der Waals surface area contributed by atoms with E-state index in [9.17, 15) is 14.4 Å². The number of amides is 3. The third-order valence-corrected chi connectivity index (χ3v) is 9.16. The molecule has 1 aromatic heterocycles. The van der Waals surface area contributed by atoms with Crippen molar-refractivity contribution in [2.45, 2.75) is 83.4 Å². The molecule has 10 nitrogen and oxygen atoms in total. The molecule has 0 saturated carbocycles. The van der Waals surface area contributed by atoms with Gasteiger partial charge in [-0.3, -0.25) is 14.6 Å². The lowest BCUT2D eigenvalue weighted by Gasteiger charge is -2.13. The van der Waals surface area contributed by atoms with Crippen molar-refractivity contribution in [2.24, 2.45) is 0 Å². The molecule has 1 heterocycles. The molecular formula is C39H60N4O6S2. The van der Waals surface area contributed by atoms with Gasteiger partial charge in [-0.2, -0.15) is 0 Å². The maximum Gasteiger partial charge on any atom is 0.407 e. The molecule has 0 spiro atoms. The Bertz CT molecular complexity index is 1200. The van der Waals surface area contributed by atoms with Crippen molar-refractivity contribution in [1.29, 1.82) is 0 Å². The molecule has 5 N–H and O–H groups in total. The summed E-state index contributed by atoms with van der Waals surface area (Å²) in [5.74, 6) is 0.800. The molecule has 1 aromatic rings. The molecule has 51 heavy (non-hydrogen) atoms. The number of allylic oxidation sites excluding steroid dienone is 12. The van der Waals surface area contributed by atoms with Crippen LogP contribution in [0.4, 0.5) is 4.79 Å². The summed E-state index contributed by atoms with van der Waals surface area (Å²) in [5, 5.41) is 25.9. The van der Waals surface area contributed by atoms with Crippen LogP contribution in [0, 0.1) is 0 Å². The van der Waals surface area contributed by atoms with Crippen LogP contribution >= 0.6 is 21.6 Å². The summed E-state index contributed by atoms with van der Waals surface area (Å²) in [6.07, 6.45) is 36.0. The number of hydrogen-bond acceptors (Lipinski definition) is 9. The van der Waals surface area contributed by atoms with Crippen molar-refractivity contribution in [1.82, 2.24) is 20.9 Å². The lowest BCUT2D eigenvalue weighted by atomic mass is 10.2. The minimum absolute atomic E-state index is 0.0264. The summed E-state index contributed by atoms with van der Waals surface area (Å²) >= 11 is 0. The summed E-state index contributed by atoms with van der Waals surface area (Å²) in [7, 11) is 3.68. The van der Waals surface area contributed by atoms with Gasteiger partial charge in [-0.15, -0.1) is 0 Å². The number of aromatic nitrogens is 1. The van der Waals surface area contributed by atoms with Crippen LogP contribution in [0.1, 0.15) is 82.5 Å². The fraction of sp³-hybridized carbons (Fsp3) is 0.487. The first-order chi connectivity index (χ1) is 24.8. The molecule has 0 aliphatic carbocycles. The molecule has 0 aliphatic rings. The molecule has 0 atom stereocenters. The first kappa shape index (κ1) is 47.4. The van der Waals surface area contributed by atoms with Gasteiger partial charge in [-0.05, 0) is 57.1 Å². The van der Waals surface area contributed by atoms with Crippen molar-refractivity contribution >= 4 is 39.5 Å². The Morgan fingerprint density at radius 1 is 0.824 bits per heavy atom. The van der Waals surface area contributed by atoms with Gasteiger partial charge in [0.2, 0.25) is 5.91 Å². The van der Waals surface area contributed by atoms with Crippen molar-refractivity contribution in [3.63, 3.8) is 0 Å². The van der Waals surface area contributed by atoms with Gasteiger partial charge >= 0.3 is 6.09 Å². The number of hydrogen-bond donors (Lipinski definition) is 5. The third-order valence-electron chi connectivity index (χ3n) is 6.21. The Balaban J connectivity index is 0.00000107. The molecular weight excluding hydrogens is 685 g/mol. The smallest absolute Gasteiger partial charge is 0.407 e. The molecule has 1 rings (SSSR count). The number of rotatable bonds is 26. The number of pyridine rings is 1. The van der Waals surface area contributed by atoms with Gasteiger partial charge in [0.1, 0.15) is 6.61 Å². The van der Waals surface area contributed by atoms with Gasteiger partial charge in [0.05, 0.1) is 31.4 Å². The summed E-state index contributed by atoms with van der Waals surface area (Å²) in [6.45, 7) is 6.62. The highest BCUT2D eigenvalue weighted by Gasteiger charge is 2.11. The highest BCUT2D eigenvalue weighted by Crippen LogP contribution is 2.25. The number of carbonyl (C=O) groups is 3. The number of aliphatic hydroxyl groups is 2. The normalized spacial score (nSPS) is 11.8. The summed E-state index contributed by atoms with van der Waals surface area (Å²) in [6, 6.07) is 2.50. The second-order valence-corrected chi connectivity index (χ2v) is 14.2. The molecule has 12 heteroatoms. The molecule has 0 aromatic carbocycles. The quantitative estimate of drug-likeness (QED) is 0.0375. The lowest BCUT2D eigenvalue weighted by molar-refractivity contribution is -0.120. The molecule has 284 valence electrons. The number of ether oxygens (including phenoxy) is 1. The Hall–Kier alpha value is -3.58. The van der Waals surface area contributed by atoms with Crippen LogP contribution in [-0.4, -0.2) is 83.1 Å². The zero-order chi connectivity index (χ0) is 37.6. The first-order valence-electron chi connectivity index (χ1n) is 17.6. The molecule has 3 amide bonds. The Kier molecular flexibility index (Phi) is 33.7. The van der Waals surface area contributed by atoms with E-state index in [-0.39, 0.29) is 38.2 Å². The summed E-state index contributed by atoms with van der Waals surface area (Å²) < 4.78 is 4.76. The number of nitrogens with one attached hydrogen (secondary N) is 3. The van der Waals surface area contributed by atoms with E-state index in [2.05, 4.69) is 115 Å². The van der Waals surface area contributed by atoms with Crippen molar-refractivity contribution in [3.05, 3.63) is 103 Å². The van der Waals surface area contributed by atoms with Gasteiger partial charge < -0.3 is 30.9 Å². The van der Waals surface area contributed by atoms with E-state index >= 15 is 0 Å². The van der Waals surface area contributed by atoms with Gasteiger partial charge in [0.15, 0.2) is 0 Å². The molecule has 0 radical (unpaired) electrons. The van der Waals surface area contributed by atoms with E-state index < -0.39 is 12.1 Å². The number of alkyl carbamates (subject to hydrolysis) is 1. The first-order valence-corrected chi connectivity index (χ1v) is 20.0. The zero-order valence-corrected chi connectivity index (χ0v) is 32.2. The van der Waals surface area contributed by atoms with Crippen molar-refractivity contribution < 1.29 is 29.3 Å². The van der Waals surface area contributed by atoms with Crippen LogP contribution in [0.3, 0.4) is 0 Å². The second-order valence-electron chi connectivity index (χ2n) is 11.1. The van der Waals surface area contributed by atoms with Crippen LogP contribution in [0.25, 0.3) is 0 Å². The lowest BCUT2D eigenvalue weighted by Crippen LogP contribution is -2.41. The predicted octanol–water partition coefficient (Wildman–Crippen LogP) is 7.26. The van der Waals surface area contributed by atoms with Crippen LogP contribution in [-0.2, 0) is 9.53 Å². The van der Waals surface area contributed by atoms with Crippen LogP contribution in [0.5, 0.6) is 0 Å². The molecule has 0 bridgehead atoms. The van der Waals surface area contributed by atoms with Crippen molar-refractivity contribution in [3.8, 4) is 0 Å². The van der Waals surface area contributed by atoms with E-state index in [0.29, 0.717) is 17.2 Å². The fourth-order valence-electron chi connectivity index (χ4n) is 3.62. The van der Waals surface area contributed by atoms with Crippen LogP contribution in [0.2, 0.25) is 0 Å². The molecule has 0 aliphatic heterocycles. The SMILES string of the molecule is CC/C=C\C/C=C\C/C=C\C/C=C\C/C=C\C/C=C\CCC(=O)NCCSSC(C)C.O=C(NC(CO)CO)OCCNC(=O)c1cccnc1. The monoisotopic (exact) mass is 744 g/mol. The zero-order valence-electron chi connectivity index (χ0n) is 30.6. The largest absolute Gasteiger partial charge is 0.448 e. The number of aliphatic hydroxyl groups excluding tert-OH is 2. The Morgan fingerprint density at radius 3 is 1.90 bits per heavy atom. The van der Waals surface area contributed by atoms with Gasteiger partial charge in [-0.1, -0.05) is 115 Å². The van der Waals surface area contributed by atoms with Gasteiger partial charge in [0, 0.05) is 36.4 Å². The van der Waals surface area contributed by atoms with Crippen LogP contribution < -0.4 is 16.0 Å². The molecule has 0 fully saturated rings. The second kappa shape index (κ2) is 36.2. The maximum atomic E-state index is 11.7. The highest BCUT2D eigenvalue weighted by molar-refractivity contribution is 8.76. The highest BCUT2D eigenvalue weighted by atomic mass is 33.1. The van der Waals surface area contributed by atoms with Gasteiger partial charge in [-0.25, -0.2) is 4.79 Å². The Morgan fingerprint density at radius 2 is 1.39 bits per heavy atom. The van der Waals surface area contributed by atoms with Crippen LogP contribution in [0.15, 0.2) is 97.4 Å². The number of nitrogens with zero attached hydrogens (tertiary/aromatic N) is 1. The van der Waals surface area contributed by atoms with E-state index in [1.165, 1.54) is 6.20 Å². The topological polar surface area (TPSA) is 150 Å². The van der Waals surface area contributed by atoms with E-state index in [1.807, 2.05) is 21.6 Å². The van der Waals surface area contributed by atoms with E-state index in [0.717, 1.165) is 57.2 Å². The third kappa shape index (κ3) is 33.3. The molecule has 0 saturated heterocycles. The minimum atomic E-state index is -0.770. The summed E-state index contributed by atoms with van der Waals surface area (Å²) in [5.41, 5.74) is 0.414. The number of carbonyl (C=O) groups excluding carboxylic acids is 3. The molecule has 0 unspecified atom stereocenters. The summed E-state index contributed by atoms with van der Waals surface area (Å²) in [4.78, 5) is 38.3. The average Bonchev–Trinajstić information content (AvgIpc) is 3.13. The van der Waals surface area contributed by atoms with E-state index in [4.69, 9.17) is 14.9 Å². The average molecular weight is 745 g/mol. The maximum absolute atomic E-state index is 11.7. The van der Waals surface area contributed by atoms with E-state index in [1.54, 1.807) is 18.3 Å².